The van der Waals surface area contributed by atoms with Gasteiger partial charge in [-0.2, -0.15) is 4.98 Å². The van der Waals surface area contributed by atoms with E-state index in [4.69, 9.17) is 4.52 Å². The van der Waals surface area contributed by atoms with Gasteiger partial charge in [0, 0.05) is 25.0 Å². The molecule has 9 heteroatoms. The molecule has 2 aliphatic carbocycles. The van der Waals surface area contributed by atoms with Gasteiger partial charge < -0.3 is 4.52 Å². The zero-order valence-electron chi connectivity index (χ0n) is 14.6. The van der Waals surface area contributed by atoms with Crippen molar-refractivity contribution < 1.29 is 4.52 Å². The van der Waals surface area contributed by atoms with E-state index >= 15 is 0 Å². The molecule has 0 amide bonds. The lowest BCUT2D eigenvalue weighted by Crippen LogP contribution is -2.34. The minimum absolute atomic E-state index is 0.508. The van der Waals surface area contributed by atoms with Crippen molar-refractivity contribution in [3.05, 3.63) is 17.5 Å². The molecule has 1 aliphatic heterocycles. The van der Waals surface area contributed by atoms with Gasteiger partial charge in [0.25, 0.3) is 0 Å². The molecule has 1 atom stereocenters. The van der Waals surface area contributed by atoms with E-state index in [1.54, 1.807) is 0 Å². The Kier molecular flexibility index (Phi) is 3.78. The van der Waals surface area contributed by atoms with Gasteiger partial charge in [-0.1, -0.05) is 5.16 Å². The highest BCUT2D eigenvalue weighted by molar-refractivity contribution is 5.02. The van der Waals surface area contributed by atoms with Crippen LogP contribution in [-0.2, 0) is 13.1 Å². The van der Waals surface area contributed by atoms with Gasteiger partial charge in [0.2, 0.25) is 5.89 Å². The summed E-state index contributed by atoms with van der Waals surface area (Å²) in [4.78, 5) is 9.32. The van der Waals surface area contributed by atoms with Crippen LogP contribution in [0.1, 0.15) is 61.6 Å². The number of hydrogen-bond donors (Lipinski definition) is 0. The van der Waals surface area contributed by atoms with Gasteiger partial charge in [0.1, 0.15) is 0 Å². The highest BCUT2D eigenvalue weighted by atomic mass is 16.5. The van der Waals surface area contributed by atoms with Crippen LogP contribution < -0.4 is 0 Å². The average molecular weight is 344 g/mol. The summed E-state index contributed by atoms with van der Waals surface area (Å²) in [5.41, 5.74) is 0. The van der Waals surface area contributed by atoms with Crippen molar-refractivity contribution in [3.63, 3.8) is 0 Å². The lowest BCUT2D eigenvalue weighted by Gasteiger charge is -2.23. The van der Waals surface area contributed by atoms with Crippen molar-refractivity contribution in [2.75, 3.05) is 20.1 Å². The van der Waals surface area contributed by atoms with E-state index in [-0.39, 0.29) is 0 Å². The number of nitrogens with zero attached hydrogens (tertiary/aromatic N) is 8. The molecule has 5 rings (SSSR count). The fraction of sp³-hybridized carbons (Fsp3) is 0.812. The third-order valence-corrected chi connectivity index (χ3v) is 5.49. The molecular formula is C16H24N8O. The van der Waals surface area contributed by atoms with Gasteiger partial charge in [-0.3, -0.25) is 9.80 Å². The van der Waals surface area contributed by atoms with Crippen LogP contribution >= 0.6 is 0 Å². The van der Waals surface area contributed by atoms with Crippen molar-refractivity contribution in [1.82, 2.24) is 40.1 Å². The first-order chi connectivity index (χ1) is 12.3. The maximum Gasteiger partial charge on any atom is 0.229 e. The second kappa shape index (κ2) is 6.14. The number of tetrazole rings is 1. The minimum Gasteiger partial charge on any atom is -0.339 e. The van der Waals surface area contributed by atoms with Crippen LogP contribution in [-0.4, -0.2) is 66.3 Å². The summed E-state index contributed by atoms with van der Waals surface area (Å²) in [6, 6.07) is 1.04. The normalized spacial score (nSPS) is 24.5. The molecule has 0 spiro atoms. The number of likely N-dealkylation sites (tertiary alicyclic amines) is 1. The minimum atomic E-state index is 0.508. The summed E-state index contributed by atoms with van der Waals surface area (Å²) in [6.07, 6.45) is 5.94. The van der Waals surface area contributed by atoms with Crippen LogP contribution in [0.2, 0.25) is 0 Å². The second-order valence-electron chi connectivity index (χ2n) is 7.69. The summed E-state index contributed by atoms with van der Waals surface area (Å²) in [6.45, 7) is 3.68. The molecular weight excluding hydrogens is 320 g/mol. The molecule has 0 unspecified atom stereocenters. The van der Waals surface area contributed by atoms with E-state index in [0.717, 1.165) is 50.1 Å². The molecule has 3 fully saturated rings. The fourth-order valence-electron chi connectivity index (χ4n) is 3.61. The fourth-order valence-corrected chi connectivity index (χ4v) is 3.61. The first kappa shape index (κ1) is 15.4. The second-order valence-corrected chi connectivity index (χ2v) is 7.69. The van der Waals surface area contributed by atoms with E-state index in [1.807, 2.05) is 4.68 Å². The average Bonchev–Trinajstić information content (AvgIpc) is 3.50. The van der Waals surface area contributed by atoms with Crippen molar-refractivity contribution in [3.8, 4) is 0 Å². The maximum atomic E-state index is 5.36. The number of hydrogen-bond acceptors (Lipinski definition) is 8. The molecule has 2 aromatic rings. The highest BCUT2D eigenvalue weighted by Gasteiger charge is 2.32. The SMILES string of the molecule is CN(Cc1noc(C2CC2)n1)[C@@H]1CCN(Cc2nnnn2C2CC2)C1. The number of rotatable bonds is 7. The molecule has 0 aromatic carbocycles. The van der Waals surface area contributed by atoms with Crippen molar-refractivity contribution in [2.24, 2.45) is 0 Å². The Labute approximate surface area is 146 Å². The number of aromatic nitrogens is 6. The summed E-state index contributed by atoms with van der Waals surface area (Å²) >= 11 is 0. The molecule has 3 heterocycles. The molecule has 134 valence electrons. The third-order valence-electron chi connectivity index (χ3n) is 5.49. The van der Waals surface area contributed by atoms with Gasteiger partial charge in [-0.15, -0.1) is 5.10 Å². The van der Waals surface area contributed by atoms with Crippen LogP contribution in [0.3, 0.4) is 0 Å². The van der Waals surface area contributed by atoms with Gasteiger partial charge >= 0.3 is 0 Å². The van der Waals surface area contributed by atoms with E-state index in [1.165, 1.54) is 25.7 Å². The summed E-state index contributed by atoms with van der Waals surface area (Å²) in [5.74, 6) is 3.15. The van der Waals surface area contributed by atoms with Crippen LogP contribution in [0.5, 0.6) is 0 Å². The molecule has 1 saturated heterocycles. The molecule has 9 nitrogen and oxygen atoms in total. The Hall–Kier alpha value is -1.87. The molecule has 25 heavy (non-hydrogen) atoms. The van der Waals surface area contributed by atoms with E-state index in [0.29, 0.717) is 18.0 Å². The topological polar surface area (TPSA) is 89.0 Å². The summed E-state index contributed by atoms with van der Waals surface area (Å²) < 4.78 is 7.37. The Morgan fingerprint density at radius 3 is 2.88 bits per heavy atom. The monoisotopic (exact) mass is 344 g/mol. The lowest BCUT2D eigenvalue weighted by molar-refractivity contribution is 0.213. The predicted octanol–water partition coefficient (Wildman–Crippen LogP) is 0.975. The predicted molar refractivity (Wildman–Crippen MR) is 87.5 cm³/mol. The van der Waals surface area contributed by atoms with Crippen molar-refractivity contribution in [2.45, 2.75) is 63.2 Å². The third kappa shape index (κ3) is 3.30. The first-order valence-corrected chi connectivity index (χ1v) is 9.28. The zero-order valence-corrected chi connectivity index (χ0v) is 14.6. The smallest absolute Gasteiger partial charge is 0.229 e. The van der Waals surface area contributed by atoms with Crippen molar-refractivity contribution >= 4 is 0 Å². The Balaban J connectivity index is 1.16. The maximum absolute atomic E-state index is 5.36. The number of likely N-dealkylation sites (N-methyl/N-ethyl adjacent to an activating group) is 1. The summed E-state index contributed by atoms with van der Waals surface area (Å²) in [7, 11) is 2.15. The molecule has 0 bridgehead atoms. The van der Waals surface area contributed by atoms with Crippen LogP contribution in [0.15, 0.2) is 4.52 Å². The van der Waals surface area contributed by atoms with E-state index < -0.39 is 0 Å². The Morgan fingerprint density at radius 1 is 1.20 bits per heavy atom. The van der Waals surface area contributed by atoms with Crippen molar-refractivity contribution in [1.29, 1.82) is 0 Å². The van der Waals surface area contributed by atoms with Gasteiger partial charge in [-0.05, 0) is 49.6 Å². The zero-order chi connectivity index (χ0) is 16.8. The highest BCUT2D eigenvalue weighted by Crippen LogP contribution is 2.39. The van der Waals surface area contributed by atoms with E-state index in [2.05, 4.69) is 42.5 Å². The molecule has 2 aromatic heterocycles. The molecule has 3 aliphatic rings. The van der Waals surface area contributed by atoms with Gasteiger partial charge in [0.15, 0.2) is 11.6 Å². The molecule has 0 N–H and O–H groups in total. The molecule has 0 radical (unpaired) electrons. The Morgan fingerprint density at radius 2 is 2.08 bits per heavy atom. The lowest BCUT2D eigenvalue weighted by atomic mass is 10.2. The van der Waals surface area contributed by atoms with Crippen LogP contribution in [0.25, 0.3) is 0 Å². The van der Waals surface area contributed by atoms with Gasteiger partial charge in [-0.25, -0.2) is 4.68 Å². The first-order valence-electron chi connectivity index (χ1n) is 9.28. The van der Waals surface area contributed by atoms with Gasteiger partial charge in [0.05, 0.1) is 19.1 Å². The standard InChI is InChI=1S/C16H24N8O/c1-22(9-14-17-16(25-19-14)11-2-3-11)13-6-7-23(8-13)10-15-18-20-21-24(15)12-4-5-12/h11-13H,2-10H2,1H3/t13-/m1/s1. The quantitative estimate of drug-likeness (QED) is 0.734. The molecule has 2 saturated carbocycles. The van der Waals surface area contributed by atoms with Crippen LogP contribution in [0, 0.1) is 0 Å². The Bertz CT molecular complexity index is 734. The van der Waals surface area contributed by atoms with Crippen LogP contribution in [0.4, 0.5) is 0 Å². The summed E-state index contributed by atoms with van der Waals surface area (Å²) in [5, 5.41) is 16.4. The van der Waals surface area contributed by atoms with E-state index in [9.17, 15) is 0 Å². The largest absolute Gasteiger partial charge is 0.339 e.